The van der Waals surface area contributed by atoms with Crippen LogP contribution in [0.3, 0.4) is 0 Å². The Kier molecular flexibility index (Phi) is 5.93. The maximum Gasteiger partial charge on any atom is 0.0405 e. The first kappa shape index (κ1) is 19.1. The highest BCUT2D eigenvalue weighted by Gasteiger charge is 2.31. The van der Waals surface area contributed by atoms with Crippen LogP contribution in [0.2, 0.25) is 0 Å². The van der Waals surface area contributed by atoms with Crippen LogP contribution in [-0.4, -0.2) is 68.7 Å². The quantitative estimate of drug-likeness (QED) is 0.823. The Morgan fingerprint density at radius 2 is 1.63 bits per heavy atom. The van der Waals surface area contributed by atoms with E-state index < -0.39 is 0 Å². The molecule has 1 aromatic carbocycles. The summed E-state index contributed by atoms with van der Waals surface area (Å²) in [4.78, 5) is 7.92. The largest absolute Gasteiger partial charge is 0.385 e. The normalized spacial score (nSPS) is 23.0. The van der Waals surface area contributed by atoms with Crippen LogP contribution in [0.5, 0.6) is 0 Å². The predicted octanol–water partition coefficient (Wildman–Crippen LogP) is 3.77. The van der Waals surface area contributed by atoms with Gasteiger partial charge in [-0.05, 0) is 75.3 Å². The number of anilines is 2. The van der Waals surface area contributed by atoms with Crippen molar-refractivity contribution in [2.24, 2.45) is 0 Å². The maximum atomic E-state index is 3.60. The monoisotopic (exact) mass is 370 g/mol. The van der Waals surface area contributed by atoms with Crippen LogP contribution in [0.1, 0.15) is 56.6 Å². The number of likely N-dealkylation sites (N-methyl/N-ethyl adjacent to an activating group) is 1. The van der Waals surface area contributed by atoms with Gasteiger partial charge < -0.3 is 15.1 Å². The third-order valence-electron chi connectivity index (χ3n) is 6.88. The summed E-state index contributed by atoms with van der Waals surface area (Å²) < 4.78 is 0. The van der Waals surface area contributed by atoms with Crippen molar-refractivity contribution in [1.82, 2.24) is 9.80 Å². The molecule has 0 unspecified atom stereocenters. The summed E-state index contributed by atoms with van der Waals surface area (Å²) in [5, 5.41) is 3.60. The molecule has 0 aromatic heterocycles. The molecule has 27 heavy (non-hydrogen) atoms. The summed E-state index contributed by atoms with van der Waals surface area (Å²) in [5.41, 5.74) is 6.02. The number of aryl methyl sites for hydroxylation is 1. The molecule has 150 valence electrons. The predicted molar refractivity (Wildman–Crippen MR) is 116 cm³/mol. The van der Waals surface area contributed by atoms with Crippen LogP contribution >= 0.6 is 0 Å². The molecule has 2 saturated heterocycles. The Labute approximate surface area is 165 Å². The van der Waals surface area contributed by atoms with E-state index in [1.54, 1.807) is 11.3 Å². The number of piperidine rings is 1. The van der Waals surface area contributed by atoms with Crippen molar-refractivity contribution in [2.45, 2.75) is 57.9 Å². The molecule has 1 saturated carbocycles. The number of piperazine rings is 1. The zero-order valence-corrected chi connectivity index (χ0v) is 17.6. The highest BCUT2D eigenvalue weighted by Crippen LogP contribution is 2.46. The number of nitrogens with one attached hydrogen (secondary N) is 1. The van der Waals surface area contributed by atoms with E-state index >= 15 is 0 Å². The highest BCUT2D eigenvalue weighted by atomic mass is 15.3. The zero-order valence-electron chi connectivity index (χ0n) is 17.6. The van der Waals surface area contributed by atoms with E-state index in [9.17, 15) is 0 Å². The second-order valence-corrected chi connectivity index (χ2v) is 8.78. The number of rotatable bonds is 6. The van der Waals surface area contributed by atoms with Crippen molar-refractivity contribution in [2.75, 3.05) is 63.1 Å². The molecule has 0 radical (unpaired) electrons. The molecule has 1 N–H and O–H groups in total. The molecule has 0 amide bonds. The molecule has 1 aromatic rings. The lowest BCUT2D eigenvalue weighted by Crippen LogP contribution is -2.52. The van der Waals surface area contributed by atoms with Crippen molar-refractivity contribution in [3.05, 3.63) is 23.3 Å². The van der Waals surface area contributed by atoms with E-state index in [1.165, 1.54) is 76.2 Å². The standard InChI is InChI=1S/C23H38N4/c1-4-18-16-23(21(19-6-7-19)17-22(18)24-5-2)27-10-8-20(9-11-27)26-14-12-25(3)13-15-26/h16-17,19-20,24H,4-15H2,1-3H3. The molecule has 2 aliphatic heterocycles. The smallest absolute Gasteiger partial charge is 0.0405 e. The van der Waals surface area contributed by atoms with Gasteiger partial charge in [-0.3, -0.25) is 4.90 Å². The molecule has 0 bridgehead atoms. The number of hydrogen-bond donors (Lipinski definition) is 1. The molecule has 0 atom stereocenters. The fourth-order valence-corrected chi connectivity index (χ4v) is 4.95. The van der Waals surface area contributed by atoms with Gasteiger partial charge in [0, 0.05) is 63.2 Å². The minimum atomic E-state index is 0.797. The van der Waals surface area contributed by atoms with Gasteiger partial charge in [0.1, 0.15) is 0 Å². The van der Waals surface area contributed by atoms with Gasteiger partial charge in [-0.25, -0.2) is 0 Å². The summed E-state index contributed by atoms with van der Waals surface area (Å²) in [6.45, 7) is 12.9. The average Bonchev–Trinajstić information content (AvgIpc) is 3.54. The molecule has 3 aliphatic rings. The zero-order chi connectivity index (χ0) is 18.8. The molecule has 0 spiro atoms. The van der Waals surface area contributed by atoms with E-state index in [0.29, 0.717) is 0 Å². The lowest BCUT2D eigenvalue weighted by Gasteiger charge is -2.43. The summed E-state index contributed by atoms with van der Waals surface area (Å²) in [5.74, 6) is 0.804. The van der Waals surface area contributed by atoms with Crippen molar-refractivity contribution in [3.63, 3.8) is 0 Å². The van der Waals surface area contributed by atoms with Crippen LogP contribution in [0.25, 0.3) is 0 Å². The van der Waals surface area contributed by atoms with Crippen molar-refractivity contribution < 1.29 is 0 Å². The van der Waals surface area contributed by atoms with Gasteiger partial charge in [0.15, 0.2) is 0 Å². The maximum absolute atomic E-state index is 3.60. The lowest BCUT2D eigenvalue weighted by molar-refractivity contribution is 0.0982. The van der Waals surface area contributed by atoms with Crippen molar-refractivity contribution >= 4 is 11.4 Å². The molecule has 3 fully saturated rings. The topological polar surface area (TPSA) is 21.8 Å². The first-order chi connectivity index (χ1) is 13.2. The lowest BCUT2D eigenvalue weighted by atomic mass is 9.97. The van der Waals surface area contributed by atoms with E-state index in [2.05, 4.69) is 53.0 Å². The fourth-order valence-electron chi connectivity index (χ4n) is 4.95. The van der Waals surface area contributed by atoms with Crippen LogP contribution in [0, 0.1) is 0 Å². The third kappa shape index (κ3) is 4.27. The summed E-state index contributed by atoms with van der Waals surface area (Å²) >= 11 is 0. The van der Waals surface area contributed by atoms with E-state index in [1.807, 2.05) is 0 Å². The molecule has 1 aliphatic carbocycles. The minimum Gasteiger partial charge on any atom is -0.385 e. The molecule has 4 rings (SSSR count). The molecular weight excluding hydrogens is 332 g/mol. The number of nitrogens with zero attached hydrogens (tertiary/aromatic N) is 3. The van der Waals surface area contributed by atoms with Gasteiger partial charge in [0.2, 0.25) is 0 Å². The Hall–Kier alpha value is -1.26. The van der Waals surface area contributed by atoms with Gasteiger partial charge in [-0.1, -0.05) is 6.92 Å². The van der Waals surface area contributed by atoms with E-state index in [4.69, 9.17) is 0 Å². The van der Waals surface area contributed by atoms with Crippen molar-refractivity contribution in [3.8, 4) is 0 Å². The Balaban J connectivity index is 1.47. The molecule has 4 nitrogen and oxygen atoms in total. The van der Waals surface area contributed by atoms with Gasteiger partial charge >= 0.3 is 0 Å². The van der Waals surface area contributed by atoms with Crippen LogP contribution in [0.15, 0.2) is 12.1 Å². The van der Waals surface area contributed by atoms with Gasteiger partial charge in [0.25, 0.3) is 0 Å². The first-order valence-corrected chi connectivity index (χ1v) is 11.3. The van der Waals surface area contributed by atoms with Gasteiger partial charge in [0.05, 0.1) is 0 Å². The highest BCUT2D eigenvalue weighted by molar-refractivity contribution is 5.67. The third-order valence-corrected chi connectivity index (χ3v) is 6.88. The second kappa shape index (κ2) is 8.40. The van der Waals surface area contributed by atoms with E-state index in [0.717, 1.165) is 24.9 Å². The molecule has 4 heteroatoms. The SMILES string of the molecule is CCNc1cc(C2CC2)c(N2CCC(N3CCN(C)CC3)CC2)cc1CC. The Morgan fingerprint density at radius 3 is 2.22 bits per heavy atom. The minimum absolute atomic E-state index is 0.797. The Bertz CT molecular complexity index is 624. The van der Waals surface area contributed by atoms with Gasteiger partial charge in [-0.2, -0.15) is 0 Å². The fraction of sp³-hybridized carbons (Fsp3) is 0.739. The van der Waals surface area contributed by atoms with Crippen LogP contribution in [0.4, 0.5) is 11.4 Å². The second-order valence-electron chi connectivity index (χ2n) is 8.78. The van der Waals surface area contributed by atoms with Gasteiger partial charge in [-0.15, -0.1) is 0 Å². The van der Waals surface area contributed by atoms with E-state index in [-0.39, 0.29) is 0 Å². The summed E-state index contributed by atoms with van der Waals surface area (Å²) in [6.07, 6.45) is 6.51. The number of hydrogen-bond acceptors (Lipinski definition) is 4. The summed E-state index contributed by atoms with van der Waals surface area (Å²) in [6, 6.07) is 5.80. The van der Waals surface area contributed by atoms with Crippen molar-refractivity contribution in [1.29, 1.82) is 0 Å². The Morgan fingerprint density at radius 1 is 0.926 bits per heavy atom. The molecular formula is C23H38N4. The summed E-state index contributed by atoms with van der Waals surface area (Å²) in [7, 11) is 2.25. The molecule has 2 heterocycles. The first-order valence-electron chi connectivity index (χ1n) is 11.3. The van der Waals surface area contributed by atoms with Crippen LogP contribution < -0.4 is 10.2 Å². The number of benzene rings is 1. The van der Waals surface area contributed by atoms with Crippen LogP contribution in [-0.2, 0) is 6.42 Å². The average molecular weight is 371 g/mol.